The van der Waals surface area contributed by atoms with Crippen LogP contribution in [0, 0.1) is 5.82 Å². The molecule has 2 aromatic rings. The van der Waals surface area contributed by atoms with Crippen molar-refractivity contribution in [2.24, 2.45) is 0 Å². The van der Waals surface area contributed by atoms with E-state index in [0.29, 0.717) is 11.0 Å². The number of halogens is 1. The number of aromatic amines is 1. The predicted molar refractivity (Wildman–Crippen MR) is 61.3 cm³/mol. The second-order valence-corrected chi connectivity index (χ2v) is 3.43. The van der Waals surface area contributed by atoms with E-state index in [-0.39, 0.29) is 12.3 Å². The molecule has 0 saturated carbocycles. The van der Waals surface area contributed by atoms with Gasteiger partial charge in [-0.2, -0.15) is 0 Å². The van der Waals surface area contributed by atoms with E-state index in [2.05, 4.69) is 20.0 Å². The number of anilines is 1. The molecule has 7 heteroatoms. The Bertz CT molecular complexity index is 609. The quantitative estimate of drug-likeness (QED) is 0.620. The lowest BCUT2D eigenvalue weighted by molar-refractivity contribution is -0.152. The van der Waals surface area contributed by atoms with Gasteiger partial charge in [0, 0.05) is 11.6 Å². The molecule has 1 amide bonds. The van der Waals surface area contributed by atoms with Gasteiger partial charge in [-0.1, -0.05) is 0 Å². The van der Waals surface area contributed by atoms with Crippen LogP contribution in [0.25, 0.3) is 11.0 Å². The highest BCUT2D eigenvalue weighted by Gasteiger charge is 2.17. The smallest absolute Gasteiger partial charge is 0.397 e. The zero-order valence-electron chi connectivity index (χ0n) is 9.49. The summed E-state index contributed by atoms with van der Waals surface area (Å²) in [6.07, 6.45) is 2.48. The number of carbonyl (C=O) groups excluding carboxylic acids is 2. The lowest BCUT2D eigenvalue weighted by atomic mass is 10.3. The minimum atomic E-state index is -0.990. The molecule has 94 valence electrons. The number of nitrogens with one attached hydrogen (secondary N) is 2. The summed E-state index contributed by atoms with van der Waals surface area (Å²) in [5, 5.41) is 2.71. The molecule has 2 N–H and O–H groups in total. The van der Waals surface area contributed by atoms with Gasteiger partial charge < -0.3 is 15.0 Å². The van der Waals surface area contributed by atoms with E-state index in [1.54, 1.807) is 6.92 Å². The first-order valence-electron chi connectivity index (χ1n) is 5.22. The van der Waals surface area contributed by atoms with E-state index < -0.39 is 17.7 Å². The van der Waals surface area contributed by atoms with Gasteiger partial charge in [0.25, 0.3) is 0 Å². The van der Waals surface area contributed by atoms with Gasteiger partial charge in [-0.3, -0.25) is 4.79 Å². The number of pyridine rings is 1. The molecule has 0 aromatic carbocycles. The van der Waals surface area contributed by atoms with Crippen LogP contribution < -0.4 is 5.32 Å². The molecule has 0 fully saturated rings. The molecule has 0 bridgehead atoms. The zero-order chi connectivity index (χ0) is 13.1. The third-order valence-corrected chi connectivity index (χ3v) is 2.21. The van der Waals surface area contributed by atoms with Gasteiger partial charge in [0.05, 0.1) is 18.5 Å². The first-order valence-corrected chi connectivity index (χ1v) is 5.22. The maximum absolute atomic E-state index is 13.0. The predicted octanol–water partition coefficient (Wildman–Crippen LogP) is 1.20. The van der Waals surface area contributed by atoms with Gasteiger partial charge in [-0.25, -0.2) is 14.2 Å². The summed E-state index contributed by atoms with van der Waals surface area (Å²) in [4.78, 5) is 29.1. The lowest BCUT2D eigenvalue weighted by Gasteiger charge is -2.02. The maximum Gasteiger partial charge on any atom is 0.397 e. The van der Waals surface area contributed by atoms with Gasteiger partial charge in [0.2, 0.25) is 0 Å². The minimum absolute atomic E-state index is 0.107. The Labute approximate surface area is 101 Å². The molecule has 0 radical (unpaired) electrons. The highest BCUT2D eigenvalue weighted by molar-refractivity contribution is 6.37. The molecule has 0 unspecified atom stereocenters. The number of carbonyl (C=O) groups is 2. The number of aromatic nitrogens is 2. The van der Waals surface area contributed by atoms with Crippen LogP contribution in [0.1, 0.15) is 6.92 Å². The van der Waals surface area contributed by atoms with Crippen molar-refractivity contribution in [1.82, 2.24) is 9.97 Å². The number of rotatable bonds is 2. The van der Waals surface area contributed by atoms with Gasteiger partial charge in [0.15, 0.2) is 0 Å². The number of ether oxygens (including phenoxy) is 1. The van der Waals surface area contributed by atoms with Gasteiger partial charge in [-0.15, -0.1) is 0 Å². The molecule has 2 aromatic heterocycles. The number of H-pyrrole nitrogens is 1. The molecular formula is C11H10FN3O3. The van der Waals surface area contributed by atoms with Crippen molar-refractivity contribution in [3.05, 3.63) is 24.3 Å². The fourth-order valence-corrected chi connectivity index (χ4v) is 1.45. The van der Waals surface area contributed by atoms with Crippen molar-refractivity contribution in [3.8, 4) is 0 Å². The van der Waals surface area contributed by atoms with Crippen LogP contribution in [0.2, 0.25) is 0 Å². The van der Waals surface area contributed by atoms with Gasteiger partial charge >= 0.3 is 11.9 Å². The molecule has 0 aliphatic carbocycles. The van der Waals surface area contributed by atoms with Crippen molar-refractivity contribution in [2.75, 3.05) is 11.9 Å². The number of nitrogens with zero attached hydrogens (tertiary/aromatic N) is 1. The van der Waals surface area contributed by atoms with Crippen molar-refractivity contribution in [1.29, 1.82) is 0 Å². The first-order chi connectivity index (χ1) is 8.61. The standard InChI is InChI=1S/C11H10FN3O3/c1-2-18-11(17)10(16)15-8-5-14-9-7(8)3-6(12)4-13-9/h3-5H,2H2,1H3,(H,13,14)(H,15,16). The zero-order valence-corrected chi connectivity index (χ0v) is 9.49. The summed E-state index contributed by atoms with van der Waals surface area (Å²) < 4.78 is 17.6. The molecule has 2 heterocycles. The third-order valence-electron chi connectivity index (χ3n) is 2.21. The van der Waals surface area contributed by atoms with Crippen molar-refractivity contribution in [2.45, 2.75) is 6.92 Å². The Balaban J connectivity index is 2.24. The largest absolute Gasteiger partial charge is 0.459 e. The molecule has 6 nitrogen and oxygen atoms in total. The summed E-state index contributed by atoms with van der Waals surface area (Å²) in [5.74, 6) is -2.44. The number of fused-ring (bicyclic) bond motifs is 1. The SMILES string of the molecule is CCOC(=O)C(=O)Nc1c[nH]c2ncc(F)cc12. The van der Waals surface area contributed by atoms with Gasteiger partial charge in [-0.05, 0) is 13.0 Å². The second kappa shape index (κ2) is 4.82. The van der Waals surface area contributed by atoms with Crippen LogP contribution in [0.15, 0.2) is 18.5 Å². The maximum atomic E-state index is 13.0. The highest BCUT2D eigenvalue weighted by Crippen LogP contribution is 2.21. The molecule has 0 atom stereocenters. The Kier molecular flexibility index (Phi) is 3.22. The van der Waals surface area contributed by atoms with Crippen molar-refractivity contribution in [3.63, 3.8) is 0 Å². The topological polar surface area (TPSA) is 84.1 Å². The fraction of sp³-hybridized carbons (Fsp3) is 0.182. The molecule has 2 rings (SSSR count). The van der Waals surface area contributed by atoms with Crippen LogP contribution in [0.3, 0.4) is 0 Å². The van der Waals surface area contributed by atoms with Crippen molar-refractivity contribution < 1.29 is 18.7 Å². The Morgan fingerprint density at radius 2 is 2.33 bits per heavy atom. The first kappa shape index (κ1) is 12.0. The summed E-state index contributed by atoms with van der Waals surface area (Å²) in [6, 6.07) is 1.21. The average Bonchev–Trinajstić information content (AvgIpc) is 2.72. The molecule has 0 aliphatic heterocycles. The Hall–Kier alpha value is -2.44. The van der Waals surface area contributed by atoms with E-state index in [1.165, 1.54) is 12.3 Å². The number of hydrogen-bond donors (Lipinski definition) is 2. The lowest BCUT2D eigenvalue weighted by Crippen LogP contribution is -2.24. The van der Waals surface area contributed by atoms with E-state index in [9.17, 15) is 14.0 Å². The normalized spacial score (nSPS) is 10.3. The van der Waals surface area contributed by atoms with E-state index >= 15 is 0 Å². The minimum Gasteiger partial charge on any atom is -0.459 e. The number of amides is 1. The van der Waals surface area contributed by atoms with Crippen LogP contribution >= 0.6 is 0 Å². The van der Waals surface area contributed by atoms with E-state index in [0.717, 1.165) is 6.20 Å². The monoisotopic (exact) mass is 251 g/mol. The number of hydrogen-bond acceptors (Lipinski definition) is 4. The summed E-state index contributed by atoms with van der Waals surface area (Å²) in [5.41, 5.74) is 0.686. The molecule has 0 spiro atoms. The second-order valence-electron chi connectivity index (χ2n) is 3.43. The van der Waals surface area contributed by atoms with Crippen molar-refractivity contribution >= 4 is 28.6 Å². The summed E-state index contributed by atoms with van der Waals surface area (Å²) in [7, 11) is 0. The third kappa shape index (κ3) is 2.29. The summed E-state index contributed by atoms with van der Waals surface area (Å²) in [6.45, 7) is 1.70. The fourth-order valence-electron chi connectivity index (χ4n) is 1.45. The number of esters is 1. The van der Waals surface area contributed by atoms with Crippen LogP contribution in [0.5, 0.6) is 0 Å². The Morgan fingerprint density at radius 3 is 3.06 bits per heavy atom. The highest BCUT2D eigenvalue weighted by atomic mass is 19.1. The van der Waals surface area contributed by atoms with Crippen LogP contribution in [-0.2, 0) is 14.3 Å². The average molecular weight is 251 g/mol. The van der Waals surface area contributed by atoms with Crippen LogP contribution in [-0.4, -0.2) is 28.5 Å². The van der Waals surface area contributed by atoms with Crippen LogP contribution in [0.4, 0.5) is 10.1 Å². The molecule has 0 saturated heterocycles. The summed E-state index contributed by atoms with van der Waals surface area (Å²) >= 11 is 0. The molecule has 0 aliphatic rings. The van der Waals surface area contributed by atoms with Gasteiger partial charge in [0.1, 0.15) is 11.5 Å². The van der Waals surface area contributed by atoms with E-state index in [1.807, 2.05) is 0 Å². The van der Waals surface area contributed by atoms with E-state index in [4.69, 9.17) is 0 Å². The molecule has 18 heavy (non-hydrogen) atoms. The molecular weight excluding hydrogens is 241 g/mol. The Morgan fingerprint density at radius 1 is 1.56 bits per heavy atom.